The molecule has 2 aromatic rings. The minimum atomic E-state index is -4.68. The number of esters is 1. The zero-order chi connectivity index (χ0) is 21.8. The molecule has 0 aliphatic heterocycles. The SMILES string of the molecule is CC(OC(=O)Cn1cc(C(F)(F)F)ccc1=O)C(=O)NC(C)c1ccc(F)cc1. The highest BCUT2D eigenvalue weighted by Gasteiger charge is 2.31. The van der Waals surface area contributed by atoms with Crippen molar-refractivity contribution in [3.8, 4) is 0 Å². The van der Waals surface area contributed by atoms with E-state index in [0.717, 1.165) is 0 Å². The number of aromatic nitrogens is 1. The van der Waals surface area contributed by atoms with Crippen molar-refractivity contribution in [3.63, 3.8) is 0 Å². The van der Waals surface area contributed by atoms with Crippen LogP contribution in [0.3, 0.4) is 0 Å². The number of alkyl halides is 3. The third-order valence-electron chi connectivity index (χ3n) is 4.02. The molecular weight excluding hydrogens is 396 g/mol. The van der Waals surface area contributed by atoms with Gasteiger partial charge in [0.05, 0.1) is 11.6 Å². The Kier molecular flexibility index (Phi) is 6.78. The van der Waals surface area contributed by atoms with Crippen molar-refractivity contribution in [1.29, 1.82) is 0 Å². The van der Waals surface area contributed by atoms with Gasteiger partial charge in [0.2, 0.25) is 0 Å². The van der Waals surface area contributed by atoms with Crippen LogP contribution in [0.5, 0.6) is 0 Å². The van der Waals surface area contributed by atoms with E-state index in [0.29, 0.717) is 28.5 Å². The molecular formula is C19H18F4N2O4. The monoisotopic (exact) mass is 414 g/mol. The molecule has 2 atom stereocenters. The van der Waals surface area contributed by atoms with Crippen molar-refractivity contribution >= 4 is 11.9 Å². The fraction of sp³-hybridized carbons (Fsp3) is 0.316. The Morgan fingerprint density at radius 1 is 1.10 bits per heavy atom. The van der Waals surface area contributed by atoms with Crippen LogP contribution in [0, 0.1) is 5.82 Å². The number of carbonyl (C=O) groups is 2. The van der Waals surface area contributed by atoms with E-state index in [4.69, 9.17) is 4.74 Å². The molecule has 10 heteroatoms. The van der Waals surface area contributed by atoms with Crippen molar-refractivity contribution < 1.29 is 31.9 Å². The lowest BCUT2D eigenvalue weighted by molar-refractivity contribution is -0.155. The number of benzene rings is 1. The topological polar surface area (TPSA) is 77.4 Å². The Hall–Kier alpha value is -3.17. The van der Waals surface area contributed by atoms with Gasteiger partial charge in [-0.1, -0.05) is 12.1 Å². The van der Waals surface area contributed by atoms with E-state index in [2.05, 4.69) is 5.32 Å². The van der Waals surface area contributed by atoms with Gasteiger partial charge in [-0.05, 0) is 37.6 Å². The molecule has 0 radical (unpaired) electrons. The van der Waals surface area contributed by atoms with Crippen molar-refractivity contribution in [3.05, 3.63) is 69.9 Å². The highest BCUT2D eigenvalue weighted by Crippen LogP contribution is 2.28. The molecule has 1 amide bonds. The molecule has 29 heavy (non-hydrogen) atoms. The lowest BCUT2D eigenvalue weighted by Crippen LogP contribution is -2.38. The maximum absolute atomic E-state index is 13.0. The van der Waals surface area contributed by atoms with Crippen molar-refractivity contribution in [2.24, 2.45) is 0 Å². The quantitative estimate of drug-likeness (QED) is 0.583. The standard InChI is InChI=1S/C19H18F4N2O4/c1-11(13-3-6-15(20)7-4-13)24-18(28)12(2)29-17(27)10-25-9-14(19(21,22)23)5-8-16(25)26/h3-9,11-12H,10H2,1-2H3,(H,24,28). The third kappa shape index (κ3) is 6.16. The second kappa shape index (κ2) is 8.89. The van der Waals surface area contributed by atoms with E-state index in [1.165, 1.54) is 31.2 Å². The van der Waals surface area contributed by atoms with Gasteiger partial charge in [-0.25, -0.2) is 4.39 Å². The van der Waals surface area contributed by atoms with Crippen LogP contribution in [0.2, 0.25) is 0 Å². The van der Waals surface area contributed by atoms with Gasteiger partial charge in [0.15, 0.2) is 6.10 Å². The Morgan fingerprint density at radius 3 is 2.31 bits per heavy atom. The number of carbonyl (C=O) groups excluding carboxylic acids is 2. The minimum Gasteiger partial charge on any atom is -0.451 e. The zero-order valence-electron chi connectivity index (χ0n) is 15.5. The fourth-order valence-electron chi connectivity index (χ4n) is 2.42. The first-order chi connectivity index (χ1) is 13.5. The van der Waals surface area contributed by atoms with Gasteiger partial charge in [0.1, 0.15) is 12.4 Å². The van der Waals surface area contributed by atoms with Gasteiger partial charge in [-0.3, -0.25) is 14.4 Å². The van der Waals surface area contributed by atoms with E-state index in [1.54, 1.807) is 6.92 Å². The second-order valence-corrected chi connectivity index (χ2v) is 6.30. The van der Waals surface area contributed by atoms with Crippen molar-refractivity contribution in [2.75, 3.05) is 0 Å². The summed E-state index contributed by atoms with van der Waals surface area (Å²) in [6.45, 7) is 2.13. The first-order valence-electron chi connectivity index (χ1n) is 8.50. The normalized spacial score (nSPS) is 13.4. The molecule has 2 unspecified atom stereocenters. The lowest BCUT2D eigenvalue weighted by Gasteiger charge is -2.18. The Bertz CT molecular complexity index is 938. The number of nitrogens with one attached hydrogen (secondary N) is 1. The molecule has 156 valence electrons. The summed E-state index contributed by atoms with van der Waals surface area (Å²) in [4.78, 5) is 35.8. The first-order valence-corrected chi connectivity index (χ1v) is 8.50. The van der Waals surface area contributed by atoms with Gasteiger partial charge in [0.25, 0.3) is 11.5 Å². The molecule has 1 heterocycles. The molecule has 0 saturated heterocycles. The fourth-order valence-corrected chi connectivity index (χ4v) is 2.42. The van der Waals surface area contributed by atoms with Crippen LogP contribution in [0.15, 0.2) is 47.4 Å². The summed E-state index contributed by atoms with van der Waals surface area (Å²) in [7, 11) is 0. The summed E-state index contributed by atoms with van der Waals surface area (Å²) in [5.41, 5.74) is -1.30. The lowest BCUT2D eigenvalue weighted by atomic mass is 10.1. The molecule has 0 aliphatic carbocycles. The average molecular weight is 414 g/mol. The number of hydrogen-bond donors (Lipinski definition) is 1. The minimum absolute atomic E-state index is 0.431. The van der Waals surface area contributed by atoms with Crippen LogP contribution in [0.25, 0.3) is 0 Å². The summed E-state index contributed by atoms with van der Waals surface area (Å²) in [5, 5.41) is 2.57. The number of halogens is 4. The molecule has 1 aromatic carbocycles. The highest BCUT2D eigenvalue weighted by molar-refractivity contribution is 5.83. The number of nitrogens with zero attached hydrogens (tertiary/aromatic N) is 1. The second-order valence-electron chi connectivity index (χ2n) is 6.30. The van der Waals surface area contributed by atoms with Crippen LogP contribution < -0.4 is 10.9 Å². The van der Waals surface area contributed by atoms with Gasteiger partial charge in [-0.2, -0.15) is 13.2 Å². The highest BCUT2D eigenvalue weighted by atomic mass is 19.4. The maximum Gasteiger partial charge on any atom is 0.417 e. The van der Waals surface area contributed by atoms with Crippen LogP contribution >= 0.6 is 0 Å². The molecule has 1 aromatic heterocycles. The molecule has 6 nitrogen and oxygen atoms in total. The molecule has 0 saturated carbocycles. The molecule has 0 bridgehead atoms. The third-order valence-corrected chi connectivity index (χ3v) is 4.02. The van der Waals surface area contributed by atoms with E-state index < -0.39 is 53.7 Å². The van der Waals surface area contributed by atoms with Crippen LogP contribution in [0.1, 0.15) is 31.0 Å². The van der Waals surface area contributed by atoms with Crippen LogP contribution in [-0.2, 0) is 27.0 Å². The van der Waals surface area contributed by atoms with E-state index >= 15 is 0 Å². The predicted molar refractivity (Wildman–Crippen MR) is 94.2 cm³/mol. The summed E-state index contributed by atoms with van der Waals surface area (Å²) >= 11 is 0. The smallest absolute Gasteiger partial charge is 0.417 e. The number of rotatable bonds is 6. The molecule has 2 rings (SSSR count). The Balaban J connectivity index is 1.97. The van der Waals surface area contributed by atoms with Gasteiger partial charge in [-0.15, -0.1) is 0 Å². The molecule has 0 spiro atoms. The summed E-state index contributed by atoms with van der Waals surface area (Å²) in [5.74, 6) is -2.14. The van der Waals surface area contributed by atoms with E-state index in [-0.39, 0.29) is 0 Å². The van der Waals surface area contributed by atoms with Crippen molar-refractivity contribution in [1.82, 2.24) is 9.88 Å². The van der Waals surface area contributed by atoms with Gasteiger partial charge < -0.3 is 14.6 Å². The van der Waals surface area contributed by atoms with Gasteiger partial charge in [0, 0.05) is 12.3 Å². The summed E-state index contributed by atoms with van der Waals surface area (Å²) in [6.07, 6.45) is -5.43. The van der Waals surface area contributed by atoms with Gasteiger partial charge >= 0.3 is 12.1 Å². The summed E-state index contributed by atoms with van der Waals surface area (Å²) < 4.78 is 56.6. The van der Waals surface area contributed by atoms with E-state index in [9.17, 15) is 31.9 Å². The molecule has 0 fully saturated rings. The predicted octanol–water partition coefficient (Wildman–Crippen LogP) is 2.82. The number of pyridine rings is 1. The van der Waals surface area contributed by atoms with Crippen LogP contribution in [0.4, 0.5) is 17.6 Å². The molecule has 0 aliphatic rings. The average Bonchev–Trinajstić information content (AvgIpc) is 2.62. The van der Waals surface area contributed by atoms with Crippen molar-refractivity contribution in [2.45, 2.75) is 38.7 Å². The molecule has 1 N–H and O–H groups in total. The largest absolute Gasteiger partial charge is 0.451 e. The maximum atomic E-state index is 13.0. The Morgan fingerprint density at radius 2 is 1.72 bits per heavy atom. The Labute approximate surface area is 163 Å². The number of ether oxygens (including phenoxy) is 1. The number of amides is 1. The van der Waals surface area contributed by atoms with Crippen LogP contribution in [-0.4, -0.2) is 22.5 Å². The summed E-state index contributed by atoms with van der Waals surface area (Å²) in [6, 6.07) is 6.22. The zero-order valence-corrected chi connectivity index (χ0v) is 15.5. The number of hydrogen-bond acceptors (Lipinski definition) is 4. The van der Waals surface area contributed by atoms with E-state index in [1.807, 2.05) is 0 Å². The first kappa shape index (κ1) is 22.1.